The first-order valence-corrected chi connectivity index (χ1v) is 9.19. The van der Waals surface area contributed by atoms with Crippen LogP contribution in [0.5, 0.6) is 0 Å². The molecule has 1 aliphatic rings. The molecule has 138 valence electrons. The molecule has 28 heavy (non-hydrogen) atoms. The molecule has 0 amide bonds. The van der Waals surface area contributed by atoms with Gasteiger partial charge in [-0.2, -0.15) is 10.4 Å². The monoisotopic (exact) mass is 370 g/mol. The average molecular weight is 370 g/mol. The maximum Gasteiger partial charge on any atom is 0.181 e. The summed E-state index contributed by atoms with van der Waals surface area (Å²) in [5, 5.41) is 24.8. The molecule has 1 unspecified atom stereocenters. The van der Waals surface area contributed by atoms with Gasteiger partial charge in [0, 0.05) is 17.6 Å². The van der Waals surface area contributed by atoms with E-state index in [9.17, 15) is 5.26 Å². The van der Waals surface area contributed by atoms with Gasteiger partial charge in [0.25, 0.3) is 0 Å². The summed E-state index contributed by atoms with van der Waals surface area (Å²) in [5.74, 6) is 0.969. The Morgan fingerprint density at radius 3 is 3.04 bits per heavy atom. The number of nitrogens with zero attached hydrogens (tertiary/aromatic N) is 3. The lowest BCUT2D eigenvalue weighted by atomic mass is 9.88. The Hall–Kier alpha value is -3.79. The first-order chi connectivity index (χ1) is 13.7. The minimum Gasteiger partial charge on any atom is -0.442 e. The lowest BCUT2D eigenvalue weighted by molar-refractivity contribution is 0.570. The van der Waals surface area contributed by atoms with Gasteiger partial charge in [0.05, 0.1) is 34.7 Å². The molecule has 2 aromatic carbocycles. The van der Waals surface area contributed by atoms with Crippen molar-refractivity contribution in [2.45, 2.75) is 19.3 Å². The summed E-state index contributed by atoms with van der Waals surface area (Å²) in [4.78, 5) is 3.98. The zero-order valence-corrected chi connectivity index (χ0v) is 15.3. The van der Waals surface area contributed by atoms with Gasteiger partial charge in [-0.3, -0.25) is 5.10 Å². The molecule has 0 bridgehead atoms. The molecule has 2 aromatic heterocycles. The molecule has 1 aliphatic heterocycles. The Bertz CT molecular complexity index is 1200. The van der Waals surface area contributed by atoms with E-state index in [4.69, 9.17) is 4.42 Å². The highest BCUT2D eigenvalue weighted by Crippen LogP contribution is 2.40. The standard InChI is InChI=1S/C21H18N6O/c1-12-6-7-24-21-17(4-2-13(9-22)19(12)21)25-14-3-5-16-15(8-14)20(27-26-16)18-10-23-11-28-18/h2-5,8,10-12,24-25H,6-7H2,1H3,(H,26,27). The second-order valence-electron chi connectivity index (χ2n) is 7.00. The molecule has 0 aliphatic carbocycles. The van der Waals surface area contributed by atoms with Crippen molar-refractivity contribution in [2.75, 3.05) is 17.2 Å². The predicted octanol–water partition coefficient (Wildman–Crippen LogP) is 4.75. The Morgan fingerprint density at radius 2 is 2.21 bits per heavy atom. The zero-order valence-electron chi connectivity index (χ0n) is 15.3. The Morgan fingerprint density at radius 1 is 1.29 bits per heavy atom. The van der Waals surface area contributed by atoms with Crippen LogP contribution in [0.1, 0.15) is 30.4 Å². The van der Waals surface area contributed by atoms with Crippen LogP contribution in [-0.2, 0) is 0 Å². The van der Waals surface area contributed by atoms with Gasteiger partial charge >= 0.3 is 0 Å². The highest BCUT2D eigenvalue weighted by Gasteiger charge is 2.22. The summed E-state index contributed by atoms with van der Waals surface area (Å²) in [6.07, 6.45) is 4.07. The number of fused-ring (bicyclic) bond motifs is 2. The molecule has 5 rings (SSSR count). The lowest BCUT2D eigenvalue weighted by Crippen LogP contribution is -2.17. The molecule has 0 fully saturated rings. The van der Waals surface area contributed by atoms with Gasteiger partial charge in [0.15, 0.2) is 12.2 Å². The van der Waals surface area contributed by atoms with Crippen LogP contribution < -0.4 is 10.6 Å². The minimum absolute atomic E-state index is 0.349. The zero-order chi connectivity index (χ0) is 19.1. The number of nitrogens with one attached hydrogen (secondary N) is 3. The quantitative estimate of drug-likeness (QED) is 0.481. The summed E-state index contributed by atoms with van der Waals surface area (Å²) in [6.45, 7) is 3.07. The molecule has 7 heteroatoms. The smallest absolute Gasteiger partial charge is 0.181 e. The number of benzene rings is 2. The molecule has 1 atom stereocenters. The number of rotatable bonds is 3. The van der Waals surface area contributed by atoms with E-state index in [0.29, 0.717) is 11.7 Å². The van der Waals surface area contributed by atoms with Crippen LogP contribution in [0.15, 0.2) is 47.3 Å². The third-order valence-electron chi connectivity index (χ3n) is 5.25. The SMILES string of the molecule is CC1CCNc2c(Nc3ccc4[nH]nc(-c5cnco5)c4c3)ccc(C#N)c21. The number of hydrogen-bond acceptors (Lipinski definition) is 6. The summed E-state index contributed by atoms with van der Waals surface area (Å²) in [7, 11) is 0. The predicted molar refractivity (Wildman–Crippen MR) is 108 cm³/mol. The first kappa shape index (κ1) is 16.4. The van der Waals surface area contributed by atoms with Crippen molar-refractivity contribution < 1.29 is 4.42 Å². The molecular formula is C21H18N6O. The Kier molecular flexibility index (Phi) is 3.76. The molecule has 0 radical (unpaired) electrons. The van der Waals surface area contributed by atoms with Gasteiger partial charge in [-0.25, -0.2) is 4.98 Å². The summed E-state index contributed by atoms with van der Waals surface area (Å²) in [6, 6.07) is 12.2. The van der Waals surface area contributed by atoms with Crippen LogP contribution in [0.4, 0.5) is 17.1 Å². The van der Waals surface area contributed by atoms with Crippen molar-refractivity contribution in [2.24, 2.45) is 0 Å². The van der Waals surface area contributed by atoms with E-state index in [0.717, 1.165) is 57.8 Å². The van der Waals surface area contributed by atoms with Crippen LogP contribution in [0.2, 0.25) is 0 Å². The average Bonchev–Trinajstić information content (AvgIpc) is 3.38. The van der Waals surface area contributed by atoms with E-state index in [1.54, 1.807) is 6.20 Å². The Balaban J connectivity index is 1.57. The molecule has 3 N–H and O–H groups in total. The fourth-order valence-corrected chi connectivity index (χ4v) is 3.85. The van der Waals surface area contributed by atoms with Crippen LogP contribution in [0, 0.1) is 11.3 Å². The second-order valence-corrected chi connectivity index (χ2v) is 7.00. The van der Waals surface area contributed by atoms with Gasteiger partial charge in [-0.1, -0.05) is 6.92 Å². The highest BCUT2D eigenvalue weighted by molar-refractivity contribution is 5.94. The van der Waals surface area contributed by atoms with Gasteiger partial charge in [-0.15, -0.1) is 0 Å². The van der Waals surface area contributed by atoms with Crippen LogP contribution in [0.3, 0.4) is 0 Å². The van der Waals surface area contributed by atoms with E-state index in [1.165, 1.54) is 6.39 Å². The number of aromatic amines is 1. The van der Waals surface area contributed by atoms with Crippen molar-refractivity contribution in [1.82, 2.24) is 15.2 Å². The number of aromatic nitrogens is 3. The summed E-state index contributed by atoms with van der Waals surface area (Å²) < 4.78 is 5.40. The largest absolute Gasteiger partial charge is 0.442 e. The van der Waals surface area contributed by atoms with E-state index in [-0.39, 0.29) is 0 Å². The number of hydrogen-bond donors (Lipinski definition) is 3. The topological polar surface area (TPSA) is 103 Å². The second kappa shape index (κ2) is 6.43. The van der Waals surface area contributed by atoms with Gasteiger partial charge in [0.2, 0.25) is 0 Å². The lowest BCUT2D eigenvalue weighted by Gasteiger charge is -2.27. The molecule has 0 spiro atoms. The van der Waals surface area contributed by atoms with Gasteiger partial charge < -0.3 is 15.1 Å². The maximum atomic E-state index is 9.49. The molecule has 4 aromatic rings. The fraction of sp³-hybridized carbons (Fsp3) is 0.190. The van der Waals surface area contributed by atoms with Gasteiger partial charge in [-0.05, 0) is 48.2 Å². The number of H-pyrrole nitrogens is 1. The van der Waals surface area contributed by atoms with Gasteiger partial charge in [0.1, 0.15) is 5.69 Å². The molecule has 0 saturated heterocycles. The minimum atomic E-state index is 0.349. The third-order valence-corrected chi connectivity index (χ3v) is 5.25. The van der Waals surface area contributed by atoms with E-state index in [2.05, 4.69) is 38.8 Å². The summed E-state index contributed by atoms with van der Waals surface area (Å²) >= 11 is 0. The Labute approximate surface area is 161 Å². The number of oxazole rings is 1. The van der Waals surface area contributed by atoms with E-state index >= 15 is 0 Å². The number of nitriles is 1. The van der Waals surface area contributed by atoms with Crippen molar-refractivity contribution in [3.8, 4) is 17.5 Å². The molecule has 0 saturated carbocycles. The number of anilines is 3. The maximum absolute atomic E-state index is 9.49. The third kappa shape index (κ3) is 2.58. The molecular weight excluding hydrogens is 352 g/mol. The van der Waals surface area contributed by atoms with Crippen molar-refractivity contribution in [3.63, 3.8) is 0 Å². The summed E-state index contributed by atoms with van der Waals surface area (Å²) in [5.41, 5.74) is 6.38. The van der Waals surface area contributed by atoms with Crippen molar-refractivity contribution >= 4 is 28.0 Å². The molecule has 7 nitrogen and oxygen atoms in total. The van der Waals surface area contributed by atoms with Crippen LogP contribution in [0.25, 0.3) is 22.4 Å². The fourth-order valence-electron chi connectivity index (χ4n) is 3.85. The molecule has 3 heterocycles. The van der Waals surface area contributed by atoms with Crippen molar-refractivity contribution in [1.29, 1.82) is 5.26 Å². The van der Waals surface area contributed by atoms with Crippen LogP contribution in [-0.4, -0.2) is 21.7 Å². The van der Waals surface area contributed by atoms with Crippen molar-refractivity contribution in [3.05, 3.63) is 54.0 Å². The highest BCUT2D eigenvalue weighted by atomic mass is 16.3. The van der Waals surface area contributed by atoms with Crippen LogP contribution >= 0.6 is 0 Å². The first-order valence-electron chi connectivity index (χ1n) is 9.19. The van der Waals surface area contributed by atoms with E-state index in [1.807, 2.05) is 30.3 Å². The normalized spacial score (nSPS) is 15.6. The van der Waals surface area contributed by atoms with E-state index < -0.39 is 0 Å².